The predicted octanol–water partition coefficient (Wildman–Crippen LogP) is 1.42. The highest BCUT2D eigenvalue weighted by atomic mass is 32.2. The lowest BCUT2D eigenvalue weighted by atomic mass is 10.2. The first-order chi connectivity index (χ1) is 8.69. The van der Waals surface area contributed by atoms with Crippen molar-refractivity contribution in [3.8, 4) is 0 Å². The summed E-state index contributed by atoms with van der Waals surface area (Å²) in [5.41, 5.74) is 6.85. The van der Waals surface area contributed by atoms with E-state index in [1.165, 1.54) is 10.5 Å². The van der Waals surface area contributed by atoms with Crippen molar-refractivity contribution in [3.63, 3.8) is 0 Å². The van der Waals surface area contributed by atoms with Gasteiger partial charge in [-0.05, 0) is 24.0 Å². The summed E-state index contributed by atoms with van der Waals surface area (Å²) in [4.78, 5) is 5.66. The number of piperazine rings is 1. The quantitative estimate of drug-likeness (QED) is 0.492. The van der Waals surface area contributed by atoms with Gasteiger partial charge in [0.05, 0.1) is 0 Å². The minimum absolute atomic E-state index is 0.194. The third-order valence-electron chi connectivity index (χ3n) is 3.25. The Bertz CT molecular complexity index is 413. The number of hydrogen-bond donors (Lipinski definition) is 2. The number of nitrogens with one attached hydrogen (secondary N) is 1. The van der Waals surface area contributed by atoms with Crippen LogP contribution in [0, 0.1) is 5.41 Å². The molecule has 2 rings (SSSR count). The van der Waals surface area contributed by atoms with Crippen LogP contribution < -0.4 is 5.73 Å². The minimum Gasteiger partial charge on any atom is -0.370 e. The zero-order chi connectivity index (χ0) is 13.0. The highest BCUT2D eigenvalue weighted by Gasteiger charge is 2.17. The van der Waals surface area contributed by atoms with Gasteiger partial charge in [-0.1, -0.05) is 12.1 Å². The number of thioether (sulfide) groups is 1. The number of nitrogens with two attached hydrogens (primary N) is 1. The summed E-state index contributed by atoms with van der Waals surface area (Å²) >= 11 is 1.78. The molecular formula is C13H20N4S. The molecule has 0 saturated carbocycles. The topological polar surface area (TPSA) is 56.4 Å². The van der Waals surface area contributed by atoms with E-state index in [-0.39, 0.29) is 5.96 Å². The monoisotopic (exact) mass is 264 g/mol. The Morgan fingerprint density at radius 1 is 1.33 bits per heavy atom. The van der Waals surface area contributed by atoms with Crippen molar-refractivity contribution in [2.24, 2.45) is 5.73 Å². The molecule has 0 bridgehead atoms. The van der Waals surface area contributed by atoms with Gasteiger partial charge in [0, 0.05) is 37.6 Å². The van der Waals surface area contributed by atoms with Crippen LogP contribution in [-0.4, -0.2) is 48.2 Å². The van der Waals surface area contributed by atoms with Crippen LogP contribution in [0.15, 0.2) is 29.2 Å². The Morgan fingerprint density at radius 2 is 2.06 bits per heavy atom. The maximum absolute atomic E-state index is 7.41. The molecule has 4 nitrogen and oxygen atoms in total. The second kappa shape index (κ2) is 6.11. The van der Waals surface area contributed by atoms with Crippen LogP contribution in [-0.2, 0) is 6.54 Å². The van der Waals surface area contributed by atoms with Gasteiger partial charge in [-0.25, -0.2) is 0 Å². The fourth-order valence-electron chi connectivity index (χ4n) is 2.18. The second-order valence-electron chi connectivity index (χ2n) is 4.50. The molecule has 5 heteroatoms. The van der Waals surface area contributed by atoms with Crippen LogP contribution in [0.1, 0.15) is 5.56 Å². The first kappa shape index (κ1) is 13.2. The molecule has 0 unspecified atom stereocenters. The summed E-state index contributed by atoms with van der Waals surface area (Å²) in [6.07, 6.45) is 2.10. The summed E-state index contributed by atoms with van der Waals surface area (Å²) in [5, 5.41) is 7.41. The van der Waals surface area contributed by atoms with Gasteiger partial charge in [-0.2, -0.15) is 0 Å². The Hall–Kier alpha value is -1.20. The van der Waals surface area contributed by atoms with Crippen LogP contribution in [0.5, 0.6) is 0 Å². The third-order valence-corrected chi connectivity index (χ3v) is 3.98. The van der Waals surface area contributed by atoms with Gasteiger partial charge in [0.25, 0.3) is 0 Å². The molecule has 1 aromatic carbocycles. The predicted molar refractivity (Wildman–Crippen MR) is 77.0 cm³/mol. The standard InChI is InChI=1S/C13H20N4S/c1-18-12-4-2-3-11(9-12)10-16-5-7-17(8-6-16)13(14)15/h2-4,9H,5-8,10H2,1H3,(H3,14,15). The van der Waals surface area contributed by atoms with Crippen LogP contribution in [0.3, 0.4) is 0 Å². The van der Waals surface area contributed by atoms with Gasteiger partial charge in [0.2, 0.25) is 0 Å². The molecule has 3 N–H and O–H groups in total. The number of hydrogen-bond acceptors (Lipinski definition) is 3. The lowest BCUT2D eigenvalue weighted by molar-refractivity contribution is 0.174. The Labute approximate surface area is 113 Å². The summed E-state index contributed by atoms with van der Waals surface area (Å²) < 4.78 is 0. The van der Waals surface area contributed by atoms with Crippen molar-refractivity contribution < 1.29 is 0 Å². The van der Waals surface area contributed by atoms with Gasteiger partial charge >= 0.3 is 0 Å². The normalized spacial score (nSPS) is 16.8. The van der Waals surface area contributed by atoms with E-state index in [0.29, 0.717) is 0 Å². The highest BCUT2D eigenvalue weighted by molar-refractivity contribution is 7.98. The van der Waals surface area contributed by atoms with E-state index in [1.807, 2.05) is 4.90 Å². The van der Waals surface area contributed by atoms with Gasteiger partial charge in [0.1, 0.15) is 0 Å². The van der Waals surface area contributed by atoms with Crippen LogP contribution in [0.4, 0.5) is 0 Å². The fraction of sp³-hybridized carbons (Fsp3) is 0.462. The molecule has 1 fully saturated rings. The molecule has 18 heavy (non-hydrogen) atoms. The van der Waals surface area contributed by atoms with Crippen molar-refractivity contribution in [2.45, 2.75) is 11.4 Å². The Balaban J connectivity index is 1.89. The van der Waals surface area contributed by atoms with Crippen molar-refractivity contribution in [2.75, 3.05) is 32.4 Å². The van der Waals surface area contributed by atoms with E-state index in [0.717, 1.165) is 32.7 Å². The van der Waals surface area contributed by atoms with Gasteiger partial charge in [0.15, 0.2) is 5.96 Å². The zero-order valence-corrected chi connectivity index (χ0v) is 11.5. The molecule has 0 radical (unpaired) electrons. The molecule has 0 aliphatic carbocycles. The zero-order valence-electron chi connectivity index (χ0n) is 10.7. The summed E-state index contributed by atoms with van der Waals surface area (Å²) in [6, 6.07) is 8.69. The number of nitrogens with zero attached hydrogens (tertiary/aromatic N) is 2. The molecule has 0 amide bonds. The number of rotatable bonds is 3. The smallest absolute Gasteiger partial charge is 0.188 e. The van der Waals surface area contributed by atoms with Crippen LogP contribution >= 0.6 is 11.8 Å². The highest BCUT2D eigenvalue weighted by Crippen LogP contribution is 2.17. The SMILES string of the molecule is CSc1cccc(CN2CCN(C(=N)N)CC2)c1. The van der Waals surface area contributed by atoms with Crippen molar-refractivity contribution in [1.29, 1.82) is 5.41 Å². The van der Waals surface area contributed by atoms with E-state index in [2.05, 4.69) is 35.4 Å². The average molecular weight is 264 g/mol. The van der Waals surface area contributed by atoms with E-state index in [1.54, 1.807) is 11.8 Å². The molecule has 1 aliphatic heterocycles. The maximum Gasteiger partial charge on any atom is 0.188 e. The minimum atomic E-state index is 0.194. The summed E-state index contributed by atoms with van der Waals surface area (Å²) in [6.45, 7) is 4.65. The molecule has 1 heterocycles. The third kappa shape index (κ3) is 3.40. The lowest BCUT2D eigenvalue weighted by Crippen LogP contribution is -2.50. The first-order valence-electron chi connectivity index (χ1n) is 6.13. The Kier molecular flexibility index (Phi) is 4.49. The fourth-order valence-corrected chi connectivity index (χ4v) is 2.66. The van der Waals surface area contributed by atoms with E-state index < -0.39 is 0 Å². The molecule has 0 aromatic heterocycles. The number of guanidine groups is 1. The molecule has 1 aliphatic rings. The van der Waals surface area contributed by atoms with Crippen molar-refractivity contribution >= 4 is 17.7 Å². The summed E-state index contributed by atoms with van der Waals surface area (Å²) in [7, 11) is 0. The average Bonchev–Trinajstić information content (AvgIpc) is 2.39. The van der Waals surface area contributed by atoms with Crippen LogP contribution in [0.25, 0.3) is 0 Å². The molecule has 0 atom stereocenters. The van der Waals surface area contributed by atoms with E-state index in [9.17, 15) is 0 Å². The molecular weight excluding hydrogens is 244 g/mol. The maximum atomic E-state index is 7.41. The molecule has 1 aromatic rings. The van der Waals surface area contributed by atoms with E-state index >= 15 is 0 Å². The Morgan fingerprint density at radius 3 is 2.67 bits per heavy atom. The summed E-state index contributed by atoms with van der Waals surface area (Å²) in [5.74, 6) is 0.194. The van der Waals surface area contributed by atoms with Gasteiger partial charge in [-0.15, -0.1) is 11.8 Å². The van der Waals surface area contributed by atoms with E-state index in [4.69, 9.17) is 11.1 Å². The number of benzene rings is 1. The molecule has 98 valence electrons. The van der Waals surface area contributed by atoms with Gasteiger partial charge < -0.3 is 10.6 Å². The first-order valence-corrected chi connectivity index (χ1v) is 7.36. The van der Waals surface area contributed by atoms with Crippen molar-refractivity contribution in [3.05, 3.63) is 29.8 Å². The van der Waals surface area contributed by atoms with Gasteiger partial charge in [-0.3, -0.25) is 10.3 Å². The molecule has 0 spiro atoms. The largest absolute Gasteiger partial charge is 0.370 e. The van der Waals surface area contributed by atoms with Crippen molar-refractivity contribution in [1.82, 2.24) is 9.80 Å². The second-order valence-corrected chi connectivity index (χ2v) is 5.38. The molecule has 1 saturated heterocycles. The lowest BCUT2D eigenvalue weighted by Gasteiger charge is -2.34. The van der Waals surface area contributed by atoms with Crippen LogP contribution in [0.2, 0.25) is 0 Å².